The number of benzene rings is 2. The number of hydrogen-bond acceptors (Lipinski definition) is 6. The molecule has 0 aromatic heterocycles. The number of rotatable bonds is 6. The third kappa shape index (κ3) is 3.11. The Hall–Kier alpha value is -2.99. The molecule has 2 atom stereocenters. The zero-order valence-corrected chi connectivity index (χ0v) is 14.5. The molecule has 136 valence electrons. The van der Waals surface area contributed by atoms with Gasteiger partial charge in [-0.25, -0.2) is 0 Å². The Kier molecular flexibility index (Phi) is 5.14. The van der Waals surface area contributed by atoms with Crippen molar-refractivity contribution in [2.45, 2.75) is 12.0 Å². The number of carbonyl (C=O) groups excluding carboxylic acids is 1. The fraction of sp³-hybridized carbons (Fsp3) is 0.250. The van der Waals surface area contributed by atoms with Crippen LogP contribution in [0, 0.1) is 0 Å². The summed E-state index contributed by atoms with van der Waals surface area (Å²) < 4.78 is 16.7. The van der Waals surface area contributed by atoms with Gasteiger partial charge in [0.2, 0.25) is 0 Å². The first-order valence-corrected chi connectivity index (χ1v) is 8.11. The molecule has 0 saturated heterocycles. The Labute approximate surface area is 151 Å². The quantitative estimate of drug-likeness (QED) is 0.612. The second-order valence-corrected chi connectivity index (χ2v) is 5.88. The molecule has 0 aliphatic carbocycles. The van der Waals surface area contributed by atoms with Crippen molar-refractivity contribution in [1.29, 1.82) is 0 Å². The number of phenols is 1. The molecule has 0 saturated carbocycles. The maximum Gasteiger partial charge on any atom is 0.142 e. The van der Waals surface area contributed by atoms with Crippen molar-refractivity contribution in [3.8, 4) is 23.0 Å². The van der Waals surface area contributed by atoms with E-state index in [-0.39, 0.29) is 18.3 Å². The van der Waals surface area contributed by atoms with E-state index in [1.54, 1.807) is 31.4 Å². The van der Waals surface area contributed by atoms with Crippen LogP contribution in [0.1, 0.15) is 28.7 Å². The number of carbonyl (C=O) groups is 1. The standard InChI is InChI=1S/C20H20O6/c1-24-13-5-6-18-14(9-13)16(11-22)20(26-18)15-10-17(23)12(4-3-7-21)8-19(15)25-2/h3-10,16,20,22-23H,11H2,1-2H3/b4-3+/t16-,20-/m0/s1. The number of aliphatic hydroxyl groups excluding tert-OH is 1. The van der Waals surface area contributed by atoms with E-state index in [2.05, 4.69) is 0 Å². The number of aldehydes is 1. The zero-order chi connectivity index (χ0) is 18.7. The number of allylic oxidation sites excluding steroid dienone is 1. The Morgan fingerprint density at radius 3 is 2.62 bits per heavy atom. The third-order valence-electron chi connectivity index (χ3n) is 4.47. The van der Waals surface area contributed by atoms with Gasteiger partial charge in [0.05, 0.1) is 26.7 Å². The summed E-state index contributed by atoms with van der Waals surface area (Å²) in [4.78, 5) is 10.5. The predicted molar refractivity (Wildman–Crippen MR) is 95.9 cm³/mol. The predicted octanol–water partition coefficient (Wildman–Crippen LogP) is 2.83. The Morgan fingerprint density at radius 1 is 1.15 bits per heavy atom. The van der Waals surface area contributed by atoms with E-state index in [1.807, 2.05) is 6.07 Å². The highest BCUT2D eigenvalue weighted by Crippen LogP contribution is 2.49. The van der Waals surface area contributed by atoms with Crippen molar-refractivity contribution >= 4 is 12.4 Å². The van der Waals surface area contributed by atoms with Gasteiger partial charge < -0.3 is 24.4 Å². The van der Waals surface area contributed by atoms with Gasteiger partial charge in [-0.3, -0.25) is 4.79 Å². The first-order chi connectivity index (χ1) is 12.6. The van der Waals surface area contributed by atoms with Crippen LogP contribution in [0.15, 0.2) is 36.4 Å². The molecule has 0 fully saturated rings. The molecule has 0 unspecified atom stereocenters. The van der Waals surface area contributed by atoms with E-state index in [0.717, 1.165) is 5.56 Å². The summed E-state index contributed by atoms with van der Waals surface area (Å²) in [6.07, 6.45) is 2.89. The smallest absolute Gasteiger partial charge is 0.142 e. The molecule has 2 aromatic rings. The molecule has 2 N–H and O–H groups in total. The topological polar surface area (TPSA) is 85.2 Å². The second kappa shape index (κ2) is 7.49. The van der Waals surface area contributed by atoms with E-state index < -0.39 is 6.10 Å². The lowest BCUT2D eigenvalue weighted by atomic mass is 9.90. The summed E-state index contributed by atoms with van der Waals surface area (Å²) >= 11 is 0. The van der Waals surface area contributed by atoms with Crippen LogP contribution >= 0.6 is 0 Å². The molecule has 6 heteroatoms. The first-order valence-electron chi connectivity index (χ1n) is 8.11. The monoisotopic (exact) mass is 356 g/mol. The lowest BCUT2D eigenvalue weighted by Crippen LogP contribution is -2.14. The van der Waals surface area contributed by atoms with Crippen LogP contribution in [0.2, 0.25) is 0 Å². The Morgan fingerprint density at radius 2 is 1.96 bits per heavy atom. The number of methoxy groups -OCH3 is 2. The van der Waals surface area contributed by atoms with Gasteiger partial charge in [0.15, 0.2) is 0 Å². The fourth-order valence-electron chi connectivity index (χ4n) is 3.18. The van der Waals surface area contributed by atoms with Gasteiger partial charge in [0.1, 0.15) is 35.4 Å². The minimum atomic E-state index is -0.521. The minimum Gasteiger partial charge on any atom is -0.507 e. The highest BCUT2D eigenvalue weighted by molar-refractivity contribution is 5.76. The summed E-state index contributed by atoms with van der Waals surface area (Å²) in [6, 6.07) is 8.59. The summed E-state index contributed by atoms with van der Waals surface area (Å²) in [5, 5.41) is 20.2. The lowest BCUT2D eigenvalue weighted by Gasteiger charge is -2.21. The molecule has 0 radical (unpaired) electrons. The molecule has 0 bridgehead atoms. The van der Waals surface area contributed by atoms with E-state index >= 15 is 0 Å². The van der Waals surface area contributed by atoms with E-state index in [9.17, 15) is 15.0 Å². The number of phenolic OH excluding ortho intramolecular Hbond substituents is 1. The number of aliphatic hydroxyl groups is 1. The van der Waals surface area contributed by atoms with Crippen LogP contribution in [-0.2, 0) is 4.79 Å². The average Bonchev–Trinajstić information content (AvgIpc) is 3.04. The molecular weight excluding hydrogens is 336 g/mol. The van der Waals surface area contributed by atoms with Crippen LogP contribution in [-0.4, -0.2) is 37.3 Å². The largest absolute Gasteiger partial charge is 0.507 e. The van der Waals surface area contributed by atoms with Crippen molar-refractivity contribution < 1.29 is 29.2 Å². The summed E-state index contributed by atoms with van der Waals surface area (Å²) in [7, 11) is 3.10. The second-order valence-electron chi connectivity index (χ2n) is 5.88. The minimum absolute atomic E-state index is 0.00673. The Balaban J connectivity index is 2.04. The van der Waals surface area contributed by atoms with Gasteiger partial charge >= 0.3 is 0 Å². The Bertz CT molecular complexity index is 842. The van der Waals surface area contributed by atoms with Gasteiger partial charge in [-0.2, -0.15) is 0 Å². The van der Waals surface area contributed by atoms with E-state index in [4.69, 9.17) is 14.2 Å². The molecule has 0 amide bonds. The van der Waals surface area contributed by atoms with Gasteiger partial charge in [0.25, 0.3) is 0 Å². The average molecular weight is 356 g/mol. The van der Waals surface area contributed by atoms with Crippen molar-refractivity contribution in [3.05, 3.63) is 53.1 Å². The molecule has 2 aromatic carbocycles. The molecule has 1 aliphatic heterocycles. The molecule has 1 aliphatic rings. The maximum atomic E-state index is 10.5. The van der Waals surface area contributed by atoms with Crippen LogP contribution < -0.4 is 14.2 Å². The van der Waals surface area contributed by atoms with E-state index in [1.165, 1.54) is 19.3 Å². The van der Waals surface area contributed by atoms with Crippen molar-refractivity contribution in [2.24, 2.45) is 0 Å². The van der Waals surface area contributed by atoms with Crippen LogP contribution in [0.4, 0.5) is 0 Å². The number of fused-ring (bicyclic) bond motifs is 1. The highest BCUT2D eigenvalue weighted by atomic mass is 16.5. The van der Waals surface area contributed by atoms with Gasteiger partial charge in [-0.15, -0.1) is 0 Å². The molecule has 3 rings (SSSR count). The fourth-order valence-corrected chi connectivity index (χ4v) is 3.18. The van der Waals surface area contributed by atoms with Crippen LogP contribution in [0.25, 0.3) is 6.08 Å². The van der Waals surface area contributed by atoms with Crippen molar-refractivity contribution in [2.75, 3.05) is 20.8 Å². The highest BCUT2D eigenvalue weighted by Gasteiger charge is 2.37. The molecule has 0 spiro atoms. The molecule has 1 heterocycles. The van der Waals surface area contributed by atoms with Gasteiger partial charge in [-0.05, 0) is 42.5 Å². The number of hydrogen-bond donors (Lipinski definition) is 2. The van der Waals surface area contributed by atoms with Gasteiger partial charge in [0, 0.05) is 16.7 Å². The van der Waals surface area contributed by atoms with Crippen molar-refractivity contribution in [1.82, 2.24) is 0 Å². The van der Waals surface area contributed by atoms with Crippen molar-refractivity contribution in [3.63, 3.8) is 0 Å². The number of aromatic hydroxyl groups is 1. The van der Waals surface area contributed by atoms with Gasteiger partial charge in [-0.1, -0.05) is 0 Å². The normalized spacial score (nSPS) is 18.4. The first kappa shape index (κ1) is 17.8. The zero-order valence-electron chi connectivity index (χ0n) is 14.5. The van der Waals surface area contributed by atoms with E-state index in [0.29, 0.717) is 34.7 Å². The van der Waals surface area contributed by atoms with Crippen LogP contribution in [0.3, 0.4) is 0 Å². The summed E-state index contributed by atoms with van der Waals surface area (Å²) in [5.74, 6) is 1.49. The van der Waals surface area contributed by atoms with Crippen LogP contribution in [0.5, 0.6) is 23.0 Å². The number of ether oxygens (including phenoxy) is 3. The summed E-state index contributed by atoms with van der Waals surface area (Å²) in [5.41, 5.74) is 1.90. The SMILES string of the molecule is COc1ccc2c(c1)[C@H](CO)[C@H](c1cc(O)c(/C=C/C=O)cc1OC)O2. The molecule has 6 nitrogen and oxygen atoms in total. The molecular formula is C20H20O6. The maximum absolute atomic E-state index is 10.5. The third-order valence-corrected chi connectivity index (χ3v) is 4.47. The lowest BCUT2D eigenvalue weighted by molar-refractivity contribution is -0.104. The summed E-state index contributed by atoms with van der Waals surface area (Å²) in [6.45, 7) is -0.137. The molecule has 26 heavy (non-hydrogen) atoms.